The SMILES string of the molecule is COCCN(CCCC(=O)OC(C)(C)C)c1nc(O)c2nc(Cl)nc(N3CCC(OC)CC3)c2n1. The van der Waals surface area contributed by atoms with Gasteiger partial charge in [-0.05, 0) is 51.6 Å². The van der Waals surface area contributed by atoms with Crippen LogP contribution in [0, 0.1) is 0 Å². The van der Waals surface area contributed by atoms with E-state index in [9.17, 15) is 9.90 Å². The van der Waals surface area contributed by atoms with E-state index in [1.54, 1.807) is 14.2 Å². The first kappa shape index (κ1) is 27.1. The number of halogens is 1. The van der Waals surface area contributed by atoms with E-state index < -0.39 is 5.60 Å². The van der Waals surface area contributed by atoms with Crippen molar-refractivity contribution >= 4 is 40.4 Å². The molecule has 12 heteroatoms. The Morgan fingerprint density at radius 2 is 1.83 bits per heavy atom. The summed E-state index contributed by atoms with van der Waals surface area (Å²) in [6.07, 6.45) is 2.65. The molecule has 3 heterocycles. The van der Waals surface area contributed by atoms with E-state index in [0.29, 0.717) is 56.5 Å². The third-order valence-electron chi connectivity index (χ3n) is 5.62. The summed E-state index contributed by atoms with van der Waals surface area (Å²) >= 11 is 6.17. The number of carbonyl (C=O) groups is 1. The fourth-order valence-corrected chi connectivity index (χ4v) is 4.10. The molecule has 2 aromatic heterocycles. The van der Waals surface area contributed by atoms with Crippen LogP contribution < -0.4 is 9.80 Å². The van der Waals surface area contributed by atoms with E-state index in [0.717, 1.165) is 12.8 Å². The van der Waals surface area contributed by atoms with Crippen LogP contribution in [-0.2, 0) is 19.0 Å². The number of ether oxygens (including phenoxy) is 3. The van der Waals surface area contributed by atoms with Crippen molar-refractivity contribution in [2.24, 2.45) is 0 Å². The highest BCUT2D eigenvalue weighted by atomic mass is 35.5. The van der Waals surface area contributed by atoms with Crippen LogP contribution in [-0.4, -0.2) is 89.7 Å². The van der Waals surface area contributed by atoms with Crippen molar-refractivity contribution in [2.75, 3.05) is 56.8 Å². The molecule has 1 aliphatic rings. The molecule has 1 fully saturated rings. The predicted molar refractivity (Wildman–Crippen MR) is 133 cm³/mol. The molecule has 1 saturated heterocycles. The molecule has 1 N–H and O–H groups in total. The minimum atomic E-state index is -0.532. The number of anilines is 2. The van der Waals surface area contributed by atoms with E-state index in [4.69, 9.17) is 30.8 Å². The first-order chi connectivity index (χ1) is 16.6. The van der Waals surface area contributed by atoms with Crippen molar-refractivity contribution in [3.63, 3.8) is 0 Å². The van der Waals surface area contributed by atoms with E-state index in [1.165, 1.54) is 0 Å². The zero-order chi connectivity index (χ0) is 25.6. The molecule has 0 aliphatic carbocycles. The van der Waals surface area contributed by atoms with E-state index in [2.05, 4.69) is 19.9 Å². The van der Waals surface area contributed by atoms with Gasteiger partial charge in [-0.25, -0.2) is 9.97 Å². The molecular weight excluding hydrogens is 476 g/mol. The summed E-state index contributed by atoms with van der Waals surface area (Å²) in [5.74, 6) is 0.303. The monoisotopic (exact) mass is 510 g/mol. The number of aromatic hydroxyl groups is 1. The van der Waals surface area contributed by atoms with Crippen LogP contribution in [0.3, 0.4) is 0 Å². The Bertz CT molecular complexity index is 1010. The standard InChI is InChI=1S/C23H35ClN6O5/c1-23(2,3)35-16(31)7-6-10-30(13-14-33-4)22-26-17-18(20(32)28-22)25-21(24)27-19(17)29-11-8-15(34-5)9-12-29/h15H,6-14H2,1-5H3,(H,26,28,32). The first-order valence-electron chi connectivity index (χ1n) is 11.8. The number of rotatable bonds is 10. The summed E-state index contributed by atoms with van der Waals surface area (Å²) in [4.78, 5) is 33.7. The third-order valence-corrected chi connectivity index (χ3v) is 5.79. The lowest BCUT2D eigenvalue weighted by atomic mass is 10.1. The van der Waals surface area contributed by atoms with Gasteiger partial charge in [0.25, 0.3) is 0 Å². The highest BCUT2D eigenvalue weighted by Crippen LogP contribution is 2.32. The fraction of sp³-hybridized carbons (Fsp3) is 0.696. The van der Waals surface area contributed by atoms with Gasteiger partial charge in [0.1, 0.15) is 11.1 Å². The molecule has 0 bridgehead atoms. The Balaban J connectivity index is 1.87. The van der Waals surface area contributed by atoms with E-state index in [1.807, 2.05) is 25.7 Å². The number of aromatic nitrogens is 4. The highest BCUT2D eigenvalue weighted by Gasteiger charge is 2.25. The summed E-state index contributed by atoms with van der Waals surface area (Å²) in [6.45, 7) is 8.30. The van der Waals surface area contributed by atoms with Crippen LogP contribution in [0.4, 0.5) is 11.8 Å². The molecule has 194 valence electrons. The summed E-state index contributed by atoms with van der Waals surface area (Å²) in [5, 5.41) is 10.7. The predicted octanol–water partition coefficient (Wildman–Crippen LogP) is 2.97. The van der Waals surface area contributed by atoms with Crippen LogP contribution in [0.25, 0.3) is 11.0 Å². The number of piperidine rings is 1. The normalized spacial score (nSPS) is 15.0. The average Bonchev–Trinajstić information content (AvgIpc) is 2.80. The van der Waals surface area contributed by atoms with Gasteiger partial charge in [-0.1, -0.05) is 0 Å². The second kappa shape index (κ2) is 12.0. The van der Waals surface area contributed by atoms with Gasteiger partial charge in [0.05, 0.1) is 12.7 Å². The molecule has 0 spiro atoms. The molecule has 0 unspecified atom stereocenters. The van der Waals surface area contributed by atoms with Crippen LogP contribution in [0.2, 0.25) is 5.28 Å². The van der Waals surface area contributed by atoms with Gasteiger partial charge in [-0.15, -0.1) is 0 Å². The van der Waals surface area contributed by atoms with Crippen LogP contribution in [0.5, 0.6) is 5.88 Å². The summed E-state index contributed by atoms with van der Waals surface area (Å²) < 4.78 is 16.1. The van der Waals surface area contributed by atoms with Gasteiger partial charge in [-0.2, -0.15) is 9.97 Å². The number of esters is 1. The van der Waals surface area contributed by atoms with Gasteiger partial charge >= 0.3 is 5.97 Å². The maximum Gasteiger partial charge on any atom is 0.306 e. The molecule has 0 atom stereocenters. The van der Waals surface area contributed by atoms with E-state index in [-0.39, 0.29) is 35.2 Å². The van der Waals surface area contributed by atoms with Crippen molar-refractivity contribution in [3.8, 4) is 5.88 Å². The van der Waals surface area contributed by atoms with Gasteiger partial charge < -0.3 is 29.1 Å². The molecule has 1 aliphatic heterocycles. The van der Waals surface area contributed by atoms with Crippen molar-refractivity contribution in [1.82, 2.24) is 19.9 Å². The maximum absolute atomic E-state index is 12.1. The lowest BCUT2D eigenvalue weighted by Crippen LogP contribution is -2.37. The zero-order valence-electron chi connectivity index (χ0n) is 21.1. The molecule has 0 saturated carbocycles. The van der Waals surface area contributed by atoms with Gasteiger partial charge in [0.15, 0.2) is 11.3 Å². The van der Waals surface area contributed by atoms with Crippen molar-refractivity contribution in [2.45, 2.75) is 58.2 Å². The molecule has 35 heavy (non-hydrogen) atoms. The first-order valence-corrected chi connectivity index (χ1v) is 12.2. The van der Waals surface area contributed by atoms with Crippen molar-refractivity contribution in [1.29, 1.82) is 0 Å². The van der Waals surface area contributed by atoms with Crippen molar-refractivity contribution in [3.05, 3.63) is 5.28 Å². The number of hydrogen-bond donors (Lipinski definition) is 1. The fourth-order valence-electron chi connectivity index (χ4n) is 3.93. The Morgan fingerprint density at radius 1 is 1.11 bits per heavy atom. The number of nitrogens with zero attached hydrogens (tertiary/aromatic N) is 6. The second-order valence-electron chi connectivity index (χ2n) is 9.45. The maximum atomic E-state index is 12.1. The van der Waals surface area contributed by atoms with Crippen LogP contribution in [0.15, 0.2) is 0 Å². The molecular formula is C23H35ClN6O5. The van der Waals surface area contributed by atoms with Crippen molar-refractivity contribution < 1.29 is 24.1 Å². The average molecular weight is 511 g/mol. The van der Waals surface area contributed by atoms with Gasteiger partial charge in [-0.3, -0.25) is 4.79 Å². The molecule has 0 aromatic carbocycles. The largest absolute Gasteiger partial charge is 0.492 e. The summed E-state index contributed by atoms with van der Waals surface area (Å²) in [7, 11) is 3.32. The summed E-state index contributed by atoms with van der Waals surface area (Å²) in [5.41, 5.74) is 0.0792. The lowest BCUT2D eigenvalue weighted by Gasteiger charge is -2.32. The molecule has 0 amide bonds. The quantitative estimate of drug-likeness (QED) is 0.374. The molecule has 3 rings (SSSR count). The van der Waals surface area contributed by atoms with E-state index >= 15 is 0 Å². The Kier molecular flexibility index (Phi) is 9.26. The van der Waals surface area contributed by atoms with Crippen LogP contribution in [0.1, 0.15) is 46.5 Å². The lowest BCUT2D eigenvalue weighted by molar-refractivity contribution is -0.154. The molecule has 0 radical (unpaired) electrons. The minimum absolute atomic E-state index is 0.0154. The Morgan fingerprint density at radius 3 is 2.46 bits per heavy atom. The second-order valence-corrected chi connectivity index (χ2v) is 9.79. The van der Waals surface area contributed by atoms with Gasteiger partial charge in [0.2, 0.25) is 17.1 Å². The summed E-state index contributed by atoms with van der Waals surface area (Å²) in [6, 6.07) is 0. The smallest absolute Gasteiger partial charge is 0.306 e. The number of hydrogen-bond acceptors (Lipinski definition) is 11. The number of fused-ring (bicyclic) bond motifs is 1. The number of methoxy groups -OCH3 is 2. The number of carbonyl (C=O) groups excluding carboxylic acids is 1. The topological polar surface area (TPSA) is 123 Å². The Hall–Kier alpha value is -2.50. The Labute approximate surface area is 210 Å². The van der Waals surface area contributed by atoms with Crippen LogP contribution >= 0.6 is 11.6 Å². The minimum Gasteiger partial charge on any atom is -0.492 e. The molecule has 11 nitrogen and oxygen atoms in total. The molecule has 2 aromatic rings. The third kappa shape index (κ3) is 7.49. The zero-order valence-corrected chi connectivity index (χ0v) is 21.8. The highest BCUT2D eigenvalue weighted by molar-refractivity contribution is 6.28. The van der Waals surface area contributed by atoms with Gasteiger partial charge in [0, 0.05) is 46.8 Å².